The minimum atomic E-state index is -0.501. The molecule has 2 aromatic heterocycles. The van der Waals surface area contributed by atoms with E-state index in [9.17, 15) is 9.18 Å². The molecular weight excluding hydrogens is 397 g/mol. The van der Waals surface area contributed by atoms with Gasteiger partial charge in [0.25, 0.3) is 5.91 Å². The van der Waals surface area contributed by atoms with Crippen LogP contribution in [0.3, 0.4) is 0 Å². The van der Waals surface area contributed by atoms with Crippen LogP contribution in [0.25, 0.3) is 0 Å². The quantitative estimate of drug-likeness (QED) is 0.735. The van der Waals surface area contributed by atoms with Crippen LogP contribution < -0.4 is 5.32 Å². The molecule has 31 heavy (non-hydrogen) atoms. The van der Waals surface area contributed by atoms with E-state index >= 15 is 0 Å². The molecule has 3 fully saturated rings. The van der Waals surface area contributed by atoms with Crippen molar-refractivity contribution in [1.82, 2.24) is 24.8 Å². The largest absolute Gasteiger partial charge is 0.376 e. The molecule has 0 bridgehead atoms. The molecule has 0 unspecified atom stereocenters. The number of pyridine rings is 1. The second kappa shape index (κ2) is 8.67. The van der Waals surface area contributed by atoms with Gasteiger partial charge < -0.3 is 14.6 Å². The van der Waals surface area contributed by atoms with Gasteiger partial charge in [0.05, 0.1) is 30.5 Å². The maximum atomic E-state index is 13.5. The predicted octanol–water partition coefficient (Wildman–Crippen LogP) is 2.39. The van der Waals surface area contributed by atoms with Gasteiger partial charge in [-0.25, -0.2) is 9.37 Å². The van der Waals surface area contributed by atoms with Gasteiger partial charge >= 0.3 is 0 Å². The van der Waals surface area contributed by atoms with Gasteiger partial charge in [0.1, 0.15) is 11.6 Å². The molecule has 8 heteroatoms. The van der Waals surface area contributed by atoms with Gasteiger partial charge in [-0.1, -0.05) is 0 Å². The number of nitrogens with zero attached hydrogens (tertiary/aromatic N) is 4. The highest BCUT2D eigenvalue weighted by Gasteiger charge is 2.43. The fourth-order valence-electron chi connectivity index (χ4n) is 5.06. The Bertz CT molecular complexity index is 930. The number of carbonyl (C=O) groups is 1. The fourth-order valence-corrected chi connectivity index (χ4v) is 5.06. The minimum Gasteiger partial charge on any atom is -0.376 e. The zero-order valence-corrected chi connectivity index (χ0v) is 17.9. The Kier molecular flexibility index (Phi) is 5.75. The smallest absolute Gasteiger partial charge is 0.253 e. The van der Waals surface area contributed by atoms with Crippen molar-refractivity contribution < 1.29 is 13.9 Å². The molecule has 1 amide bonds. The van der Waals surface area contributed by atoms with Crippen molar-refractivity contribution in [2.24, 2.45) is 24.8 Å². The first-order valence-corrected chi connectivity index (χ1v) is 11.3. The van der Waals surface area contributed by atoms with Crippen LogP contribution in [0.4, 0.5) is 4.39 Å². The van der Waals surface area contributed by atoms with E-state index in [4.69, 9.17) is 4.74 Å². The number of fused-ring (bicyclic) bond motifs is 1. The molecule has 1 N–H and O–H groups in total. The summed E-state index contributed by atoms with van der Waals surface area (Å²) in [6, 6.07) is 1.17. The Morgan fingerprint density at radius 3 is 2.77 bits per heavy atom. The van der Waals surface area contributed by atoms with Gasteiger partial charge in [-0.3, -0.25) is 14.7 Å². The summed E-state index contributed by atoms with van der Waals surface area (Å²) in [5.74, 6) is 2.04. The SMILES string of the molecule is Cn1ccnc1CN1C[C@H]2C[C@H](OCC3CC3)[C@@H](NC(=O)c3cncc(F)c3)C[C@H]2C1. The van der Waals surface area contributed by atoms with E-state index in [1.54, 1.807) is 0 Å². The minimum absolute atomic E-state index is 0.000398. The normalized spacial score (nSPS) is 28.5. The van der Waals surface area contributed by atoms with Crippen LogP contribution in [0.2, 0.25) is 0 Å². The van der Waals surface area contributed by atoms with Gasteiger partial charge in [0.2, 0.25) is 0 Å². The van der Waals surface area contributed by atoms with Crippen LogP contribution in [0.15, 0.2) is 30.9 Å². The molecule has 4 atom stereocenters. The summed E-state index contributed by atoms with van der Waals surface area (Å²) >= 11 is 0. The van der Waals surface area contributed by atoms with E-state index in [2.05, 4.69) is 24.8 Å². The van der Waals surface area contributed by atoms with Crippen molar-refractivity contribution in [3.8, 4) is 0 Å². The number of aromatic nitrogens is 3. The number of amides is 1. The Hall–Kier alpha value is -2.32. The summed E-state index contributed by atoms with van der Waals surface area (Å²) in [7, 11) is 2.03. The number of rotatable bonds is 7. The number of nitrogens with one attached hydrogen (secondary N) is 1. The molecule has 3 aliphatic rings. The standard InChI is InChI=1S/C23H30FN5O2/c1-28-5-4-26-22(28)13-29-11-17-7-20(27-23(30)16-6-19(24)10-25-9-16)21(8-18(17)12-29)31-14-15-2-3-15/h4-6,9-10,15,17-18,20-21H,2-3,7-8,11-14H2,1H3,(H,27,30)/t17-,18+,20-,21-/m0/s1. The first kappa shape index (κ1) is 20.6. The first-order chi connectivity index (χ1) is 15.0. The lowest BCUT2D eigenvalue weighted by Gasteiger charge is -2.38. The van der Waals surface area contributed by atoms with Gasteiger partial charge in [0.15, 0.2) is 0 Å². The number of likely N-dealkylation sites (tertiary alicyclic amines) is 1. The molecule has 2 aromatic rings. The predicted molar refractivity (Wildman–Crippen MR) is 113 cm³/mol. The molecule has 0 aromatic carbocycles. The summed E-state index contributed by atoms with van der Waals surface area (Å²) < 4.78 is 21.9. The van der Waals surface area contributed by atoms with Gasteiger partial charge in [-0.05, 0) is 49.5 Å². The monoisotopic (exact) mass is 427 g/mol. The van der Waals surface area contributed by atoms with Crippen LogP contribution in [-0.2, 0) is 18.3 Å². The zero-order chi connectivity index (χ0) is 21.4. The average Bonchev–Trinajstić information content (AvgIpc) is 3.38. The molecule has 7 nitrogen and oxygen atoms in total. The Labute approximate surface area is 182 Å². The van der Waals surface area contributed by atoms with Gasteiger partial charge in [-0.2, -0.15) is 0 Å². The molecule has 166 valence electrons. The van der Waals surface area contributed by atoms with Crippen LogP contribution in [-0.4, -0.2) is 57.2 Å². The molecule has 2 aliphatic carbocycles. The highest BCUT2D eigenvalue weighted by Crippen LogP contribution is 2.39. The molecule has 1 aliphatic heterocycles. The topological polar surface area (TPSA) is 72.3 Å². The van der Waals surface area contributed by atoms with E-state index < -0.39 is 5.82 Å². The van der Waals surface area contributed by atoms with Crippen molar-refractivity contribution in [2.45, 2.75) is 44.4 Å². The lowest BCUT2D eigenvalue weighted by atomic mass is 9.77. The molecule has 0 spiro atoms. The summed E-state index contributed by atoms with van der Waals surface area (Å²) in [6.07, 6.45) is 10.6. The second-order valence-corrected chi connectivity index (χ2v) is 9.43. The van der Waals surface area contributed by atoms with E-state index in [1.165, 1.54) is 25.1 Å². The van der Waals surface area contributed by atoms with E-state index in [0.717, 1.165) is 51.1 Å². The zero-order valence-electron chi connectivity index (χ0n) is 17.9. The molecular formula is C23H30FN5O2. The molecule has 5 rings (SSSR count). The van der Waals surface area contributed by atoms with E-state index in [0.29, 0.717) is 17.8 Å². The first-order valence-electron chi connectivity index (χ1n) is 11.3. The lowest BCUT2D eigenvalue weighted by Crippen LogP contribution is -2.50. The molecule has 2 saturated carbocycles. The number of ether oxygens (including phenoxy) is 1. The van der Waals surface area contributed by atoms with Crippen molar-refractivity contribution in [3.63, 3.8) is 0 Å². The molecule has 0 radical (unpaired) electrons. The van der Waals surface area contributed by atoms with Crippen molar-refractivity contribution in [3.05, 3.63) is 48.1 Å². The number of halogens is 1. The summed E-state index contributed by atoms with van der Waals surface area (Å²) in [5.41, 5.74) is 0.255. The Balaban J connectivity index is 1.26. The summed E-state index contributed by atoms with van der Waals surface area (Å²) in [6.45, 7) is 3.65. The second-order valence-electron chi connectivity index (χ2n) is 9.43. The van der Waals surface area contributed by atoms with Crippen molar-refractivity contribution in [1.29, 1.82) is 0 Å². The number of hydrogen-bond donors (Lipinski definition) is 1. The van der Waals surface area contributed by atoms with E-state index in [-0.39, 0.29) is 23.6 Å². The number of hydrogen-bond acceptors (Lipinski definition) is 5. The Morgan fingerprint density at radius 1 is 1.26 bits per heavy atom. The molecule has 3 heterocycles. The average molecular weight is 428 g/mol. The van der Waals surface area contributed by atoms with Gasteiger partial charge in [0, 0.05) is 45.3 Å². The summed E-state index contributed by atoms with van der Waals surface area (Å²) in [5, 5.41) is 3.13. The Morgan fingerprint density at radius 2 is 2.06 bits per heavy atom. The van der Waals surface area contributed by atoms with Crippen LogP contribution >= 0.6 is 0 Å². The number of imidazole rings is 1. The van der Waals surface area contributed by atoms with Crippen molar-refractivity contribution >= 4 is 5.91 Å². The van der Waals surface area contributed by atoms with Crippen molar-refractivity contribution in [2.75, 3.05) is 19.7 Å². The third-order valence-corrected chi connectivity index (χ3v) is 7.01. The van der Waals surface area contributed by atoms with Crippen LogP contribution in [0, 0.1) is 23.6 Å². The fraction of sp³-hybridized carbons (Fsp3) is 0.609. The van der Waals surface area contributed by atoms with Crippen LogP contribution in [0.1, 0.15) is 41.9 Å². The number of carbonyl (C=O) groups excluding carboxylic acids is 1. The highest BCUT2D eigenvalue weighted by atomic mass is 19.1. The summed E-state index contributed by atoms with van der Waals surface area (Å²) in [4.78, 5) is 23.5. The highest BCUT2D eigenvalue weighted by molar-refractivity contribution is 5.94. The lowest BCUT2D eigenvalue weighted by molar-refractivity contribution is -0.0212. The van der Waals surface area contributed by atoms with E-state index in [1.807, 2.05) is 19.4 Å². The number of aryl methyl sites for hydroxylation is 1. The maximum Gasteiger partial charge on any atom is 0.253 e. The van der Waals surface area contributed by atoms with Crippen LogP contribution in [0.5, 0.6) is 0 Å². The molecule has 1 saturated heterocycles. The third kappa shape index (κ3) is 4.80. The third-order valence-electron chi connectivity index (χ3n) is 7.01. The van der Waals surface area contributed by atoms with Gasteiger partial charge in [-0.15, -0.1) is 0 Å². The maximum absolute atomic E-state index is 13.5.